The number of nitrogens with one attached hydrogen (secondary N) is 1. The summed E-state index contributed by atoms with van der Waals surface area (Å²) in [5.41, 5.74) is 0.127. The second-order valence-electron chi connectivity index (χ2n) is 8.81. The van der Waals surface area contributed by atoms with E-state index in [0.29, 0.717) is 42.5 Å². The summed E-state index contributed by atoms with van der Waals surface area (Å²) in [7, 11) is 0. The largest absolute Gasteiger partial charge is 0.478 e. The number of carboxylic acid groups (broad SMARTS) is 1. The molecule has 1 aromatic heterocycles. The van der Waals surface area contributed by atoms with Gasteiger partial charge in [-0.25, -0.2) is 9.78 Å². The Morgan fingerprint density at radius 2 is 1.88 bits per heavy atom. The maximum atomic E-state index is 13.6. The summed E-state index contributed by atoms with van der Waals surface area (Å²) in [5, 5.41) is 12.1. The first-order chi connectivity index (χ1) is 15.2. The van der Waals surface area contributed by atoms with Crippen molar-refractivity contribution >= 4 is 17.6 Å². The van der Waals surface area contributed by atoms with Crippen molar-refractivity contribution in [2.45, 2.75) is 62.1 Å². The molecular weight excluding hydrogens is 425 g/mol. The van der Waals surface area contributed by atoms with E-state index in [2.05, 4.69) is 10.3 Å². The quantitative estimate of drug-likeness (QED) is 0.698. The van der Waals surface area contributed by atoms with Gasteiger partial charge in [0, 0.05) is 11.9 Å². The number of nitrogens with zero attached hydrogens (tertiary/aromatic N) is 1. The molecule has 168 valence electrons. The fourth-order valence-corrected chi connectivity index (χ4v) is 4.81. The first-order valence-electron chi connectivity index (χ1n) is 10.6. The number of fused-ring (bicyclic) bond motifs is 2. The highest BCUT2D eigenvalue weighted by atomic mass is 19.4. The molecule has 1 spiro atoms. The number of carbonyl (C=O) groups excluding carboxylic acids is 1. The molecule has 0 saturated heterocycles. The van der Waals surface area contributed by atoms with Crippen molar-refractivity contribution in [3.05, 3.63) is 52.7 Å². The van der Waals surface area contributed by atoms with Crippen LogP contribution in [0.5, 0.6) is 5.88 Å². The Morgan fingerprint density at radius 1 is 1.16 bits per heavy atom. The standard InChI is InChI=1S/C23H21F3N2O4/c24-23(25,26)17-10-14(12-1-2-12)11-27-19(17)32-15-5-7-22(8-6-15)16-9-13(20(29)30)3-4-18(16)28-21(22)31/h3-4,9-12,15H,1-2,5-8H2,(H,28,31)(H,29,30)/t15-,22-. The van der Waals surface area contributed by atoms with E-state index >= 15 is 0 Å². The predicted octanol–water partition coefficient (Wildman–Crippen LogP) is 4.89. The van der Waals surface area contributed by atoms with Crippen molar-refractivity contribution in [2.75, 3.05) is 5.32 Å². The molecular formula is C23H21F3N2O4. The molecule has 3 aliphatic rings. The number of carboxylic acids is 1. The summed E-state index contributed by atoms with van der Waals surface area (Å²) >= 11 is 0. The fraction of sp³-hybridized carbons (Fsp3) is 0.435. The molecule has 5 rings (SSSR count). The van der Waals surface area contributed by atoms with Crippen molar-refractivity contribution < 1.29 is 32.6 Å². The van der Waals surface area contributed by atoms with Crippen LogP contribution in [0.25, 0.3) is 0 Å². The van der Waals surface area contributed by atoms with Crippen molar-refractivity contribution in [1.29, 1.82) is 0 Å². The lowest BCUT2D eigenvalue weighted by Gasteiger charge is -2.35. The Balaban J connectivity index is 1.36. The lowest BCUT2D eigenvalue weighted by atomic mass is 9.69. The van der Waals surface area contributed by atoms with Crippen molar-refractivity contribution in [3.8, 4) is 5.88 Å². The molecule has 1 aromatic carbocycles. The van der Waals surface area contributed by atoms with Gasteiger partial charge in [0.15, 0.2) is 0 Å². The molecule has 2 saturated carbocycles. The van der Waals surface area contributed by atoms with Crippen LogP contribution in [0.15, 0.2) is 30.5 Å². The topological polar surface area (TPSA) is 88.5 Å². The van der Waals surface area contributed by atoms with E-state index < -0.39 is 35.1 Å². The van der Waals surface area contributed by atoms with Gasteiger partial charge in [0.1, 0.15) is 11.7 Å². The van der Waals surface area contributed by atoms with Crippen LogP contribution in [0, 0.1) is 0 Å². The minimum Gasteiger partial charge on any atom is -0.478 e. The second kappa shape index (κ2) is 7.21. The van der Waals surface area contributed by atoms with Gasteiger partial charge in [-0.2, -0.15) is 13.2 Å². The summed E-state index contributed by atoms with van der Waals surface area (Å²) in [4.78, 5) is 28.1. The number of amides is 1. The number of aromatic carboxylic acids is 1. The highest BCUT2D eigenvalue weighted by Gasteiger charge is 2.49. The Bertz CT molecular complexity index is 1100. The van der Waals surface area contributed by atoms with E-state index in [-0.39, 0.29) is 17.4 Å². The van der Waals surface area contributed by atoms with E-state index in [1.54, 1.807) is 6.07 Å². The summed E-state index contributed by atoms with van der Waals surface area (Å²) in [6, 6.07) is 5.66. The number of hydrogen-bond acceptors (Lipinski definition) is 4. The van der Waals surface area contributed by atoms with Gasteiger partial charge >= 0.3 is 12.1 Å². The van der Waals surface area contributed by atoms with Crippen LogP contribution < -0.4 is 10.1 Å². The molecule has 0 atom stereocenters. The zero-order valence-corrected chi connectivity index (χ0v) is 17.0. The molecule has 1 amide bonds. The van der Waals surface area contributed by atoms with Crippen LogP contribution in [0.4, 0.5) is 18.9 Å². The second-order valence-corrected chi connectivity index (χ2v) is 8.81. The molecule has 2 aromatic rings. The van der Waals surface area contributed by atoms with Crippen molar-refractivity contribution in [3.63, 3.8) is 0 Å². The van der Waals surface area contributed by atoms with E-state index in [0.717, 1.165) is 18.9 Å². The number of rotatable bonds is 4. The molecule has 0 bridgehead atoms. The van der Waals surface area contributed by atoms with Crippen molar-refractivity contribution in [2.24, 2.45) is 0 Å². The number of pyridine rings is 1. The maximum absolute atomic E-state index is 13.6. The molecule has 6 nitrogen and oxygen atoms in total. The number of ether oxygens (including phenoxy) is 1. The first-order valence-corrected chi connectivity index (χ1v) is 10.6. The average molecular weight is 446 g/mol. The van der Waals surface area contributed by atoms with Gasteiger partial charge in [-0.15, -0.1) is 0 Å². The summed E-state index contributed by atoms with van der Waals surface area (Å²) in [6.45, 7) is 0. The maximum Gasteiger partial charge on any atom is 0.421 e. The van der Waals surface area contributed by atoms with Crippen molar-refractivity contribution in [1.82, 2.24) is 4.98 Å². The lowest BCUT2D eigenvalue weighted by molar-refractivity contribution is -0.139. The fourth-order valence-electron chi connectivity index (χ4n) is 4.81. The number of anilines is 1. The third kappa shape index (κ3) is 3.49. The van der Waals surface area contributed by atoms with Gasteiger partial charge in [0.25, 0.3) is 0 Å². The van der Waals surface area contributed by atoms with Gasteiger partial charge in [-0.1, -0.05) is 0 Å². The van der Waals surface area contributed by atoms with E-state index in [9.17, 15) is 27.9 Å². The number of benzene rings is 1. The summed E-state index contributed by atoms with van der Waals surface area (Å²) < 4.78 is 46.5. The van der Waals surface area contributed by atoms with Gasteiger partial charge in [0.2, 0.25) is 11.8 Å². The van der Waals surface area contributed by atoms with Crippen LogP contribution >= 0.6 is 0 Å². The van der Waals surface area contributed by atoms with E-state index in [1.165, 1.54) is 18.3 Å². The molecule has 2 aliphatic carbocycles. The van der Waals surface area contributed by atoms with Gasteiger partial charge < -0.3 is 15.2 Å². The highest BCUT2D eigenvalue weighted by molar-refractivity contribution is 6.07. The SMILES string of the molecule is O=C(O)c1ccc2c(c1)[C@]1(CC[C@@H](Oc3ncc(C4CC4)cc3C(F)(F)F)CC1)C(=O)N2. The van der Waals surface area contributed by atoms with Gasteiger partial charge in [-0.05, 0) is 79.8 Å². The normalized spacial score (nSPS) is 24.8. The minimum atomic E-state index is -4.57. The molecule has 2 heterocycles. The molecule has 9 heteroatoms. The van der Waals surface area contributed by atoms with E-state index in [1.807, 2.05) is 0 Å². The molecule has 2 N–H and O–H groups in total. The van der Waals surface area contributed by atoms with Gasteiger partial charge in [0.05, 0.1) is 11.0 Å². The Labute approximate surface area is 181 Å². The van der Waals surface area contributed by atoms with Crippen LogP contribution in [0.3, 0.4) is 0 Å². The monoisotopic (exact) mass is 446 g/mol. The predicted molar refractivity (Wildman–Crippen MR) is 108 cm³/mol. The number of carbonyl (C=O) groups is 2. The van der Waals surface area contributed by atoms with Gasteiger partial charge in [-0.3, -0.25) is 4.79 Å². The molecule has 0 radical (unpaired) electrons. The Hall–Kier alpha value is -3.10. The third-order valence-corrected chi connectivity index (χ3v) is 6.76. The van der Waals surface area contributed by atoms with Crippen LogP contribution in [0.1, 0.15) is 71.5 Å². The van der Waals surface area contributed by atoms with E-state index in [4.69, 9.17) is 4.74 Å². The lowest BCUT2D eigenvalue weighted by Crippen LogP contribution is -2.41. The molecule has 32 heavy (non-hydrogen) atoms. The van der Waals surface area contributed by atoms with Crippen LogP contribution in [-0.4, -0.2) is 28.1 Å². The zero-order chi connectivity index (χ0) is 22.7. The Morgan fingerprint density at radius 3 is 2.50 bits per heavy atom. The third-order valence-electron chi connectivity index (χ3n) is 6.76. The molecule has 0 unspecified atom stereocenters. The highest BCUT2D eigenvalue weighted by Crippen LogP contribution is 2.49. The number of hydrogen-bond donors (Lipinski definition) is 2. The smallest absolute Gasteiger partial charge is 0.421 e. The number of halogens is 3. The molecule has 1 aliphatic heterocycles. The Kier molecular flexibility index (Phi) is 4.69. The first kappa shape index (κ1) is 20.8. The zero-order valence-electron chi connectivity index (χ0n) is 17.0. The summed E-state index contributed by atoms with van der Waals surface area (Å²) in [5.74, 6) is -1.58. The minimum absolute atomic E-state index is 0.0905. The number of alkyl halides is 3. The van der Waals surface area contributed by atoms with Crippen LogP contribution in [-0.2, 0) is 16.4 Å². The van der Waals surface area contributed by atoms with Crippen LogP contribution in [0.2, 0.25) is 0 Å². The average Bonchev–Trinajstić information content (AvgIpc) is 3.56. The summed E-state index contributed by atoms with van der Waals surface area (Å²) in [6.07, 6.45) is -0.473. The number of aromatic nitrogens is 1. The molecule has 2 fully saturated rings.